The average Bonchev–Trinajstić information content (AvgIpc) is 3.62. The third-order valence-electron chi connectivity index (χ3n) is 6.06. The summed E-state index contributed by atoms with van der Waals surface area (Å²) in [6, 6.07) is 11.8. The van der Waals surface area contributed by atoms with Crippen LogP contribution in [0.1, 0.15) is 24.6 Å². The monoisotopic (exact) mass is 511 g/mol. The Balaban J connectivity index is 1.44. The van der Waals surface area contributed by atoms with E-state index in [9.17, 15) is 4.79 Å². The fourth-order valence-electron chi connectivity index (χ4n) is 4.36. The first-order chi connectivity index (χ1) is 18.0. The van der Waals surface area contributed by atoms with Crippen molar-refractivity contribution in [3.05, 3.63) is 65.7 Å². The largest absolute Gasteiger partial charge is 0.337 e. The normalized spacial score (nSPS) is 11.4. The summed E-state index contributed by atoms with van der Waals surface area (Å²) in [7, 11) is 0. The number of rotatable bonds is 6. The molecule has 0 aliphatic rings. The van der Waals surface area contributed by atoms with E-state index in [1.165, 1.54) is 23.5 Å². The van der Waals surface area contributed by atoms with E-state index in [2.05, 4.69) is 49.5 Å². The molecule has 5 aromatic heterocycles. The number of hydrogen-bond acceptors (Lipinski definition) is 6. The predicted octanol–water partition coefficient (Wildman–Crippen LogP) is 6.48. The second kappa shape index (κ2) is 9.21. The minimum Gasteiger partial charge on any atom is -0.337 e. The number of para-hydroxylation sites is 1. The number of nitrogens with zero attached hydrogens (tertiary/aromatic N) is 4. The van der Waals surface area contributed by atoms with Crippen molar-refractivity contribution in [2.75, 3.05) is 5.32 Å². The van der Waals surface area contributed by atoms with E-state index in [-0.39, 0.29) is 17.0 Å². The number of thiophene rings is 1. The Hall–Kier alpha value is -4.44. The van der Waals surface area contributed by atoms with Gasteiger partial charge in [0, 0.05) is 33.5 Å². The van der Waals surface area contributed by atoms with E-state index in [4.69, 9.17) is 4.98 Å². The van der Waals surface area contributed by atoms with E-state index in [1.54, 1.807) is 17.4 Å². The van der Waals surface area contributed by atoms with Crippen LogP contribution >= 0.6 is 11.3 Å². The molecule has 0 saturated carbocycles. The van der Waals surface area contributed by atoms with Crippen LogP contribution in [0.15, 0.2) is 55.0 Å². The lowest BCUT2D eigenvalue weighted by Gasteiger charge is -2.07. The first-order valence-corrected chi connectivity index (χ1v) is 12.7. The topological polar surface area (TPSA) is 112 Å². The van der Waals surface area contributed by atoms with Gasteiger partial charge in [-0.2, -0.15) is 5.10 Å². The minimum atomic E-state index is -0.547. The molecule has 0 atom stereocenters. The number of aryl methyl sites for hydroxylation is 1. The lowest BCUT2D eigenvalue weighted by molar-refractivity contribution is -0.116. The minimum absolute atomic E-state index is 0.111. The number of pyridine rings is 2. The Morgan fingerprint density at radius 2 is 2.00 bits per heavy atom. The van der Waals surface area contributed by atoms with Gasteiger partial charge < -0.3 is 10.3 Å². The summed E-state index contributed by atoms with van der Waals surface area (Å²) in [6.45, 7) is 4.00. The van der Waals surface area contributed by atoms with Crippen molar-refractivity contribution in [3.63, 3.8) is 0 Å². The molecular formula is C27H22FN7OS. The smallest absolute Gasteiger partial charge is 0.224 e. The van der Waals surface area contributed by atoms with Crippen molar-refractivity contribution >= 4 is 44.9 Å². The summed E-state index contributed by atoms with van der Waals surface area (Å²) < 4.78 is 16.0. The first-order valence-electron chi connectivity index (χ1n) is 11.9. The third kappa shape index (κ3) is 4.15. The van der Waals surface area contributed by atoms with Gasteiger partial charge >= 0.3 is 0 Å². The van der Waals surface area contributed by atoms with Gasteiger partial charge in [0.05, 0.1) is 40.0 Å². The van der Waals surface area contributed by atoms with Gasteiger partial charge in [-0.05, 0) is 37.6 Å². The van der Waals surface area contributed by atoms with Gasteiger partial charge in [0.15, 0.2) is 11.6 Å². The molecule has 0 unspecified atom stereocenters. The maximum Gasteiger partial charge on any atom is 0.224 e. The maximum atomic E-state index is 16.0. The Bertz CT molecular complexity index is 1780. The highest BCUT2D eigenvalue weighted by molar-refractivity contribution is 7.15. The van der Waals surface area contributed by atoms with E-state index in [0.29, 0.717) is 34.7 Å². The third-order valence-corrected chi connectivity index (χ3v) is 7.09. The Morgan fingerprint density at radius 1 is 1.11 bits per heavy atom. The standard InChI is InChI=1S/C27H22FN7OS/c1-3-5-21(36)31-16-10-15(11-29-12-16)24-23(28)22-19(13-30-24)34-35-26(22)27-32-18-7-4-6-17(25(18)33-27)20-9-8-14(2)37-20/h4,6-13H,3,5H2,1-2H3,(H,31,36)(H,32,33)(H,34,35). The van der Waals surface area contributed by atoms with E-state index >= 15 is 4.39 Å². The second-order valence-corrected chi connectivity index (χ2v) is 10.0. The number of halogens is 1. The molecule has 8 nitrogen and oxygen atoms in total. The summed E-state index contributed by atoms with van der Waals surface area (Å²) in [4.78, 5) is 30.9. The Kier molecular flexibility index (Phi) is 5.72. The van der Waals surface area contributed by atoms with Crippen LogP contribution in [0.2, 0.25) is 0 Å². The molecular weight excluding hydrogens is 489 g/mol. The highest BCUT2D eigenvalue weighted by Crippen LogP contribution is 2.36. The van der Waals surface area contributed by atoms with Crippen LogP contribution in [0, 0.1) is 12.7 Å². The number of imidazole rings is 1. The number of aromatic amines is 2. The van der Waals surface area contributed by atoms with Gasteiger partial charge in [0.2, 0.25) is 5.91 Å². The number of anilines is 1. The quantitative estimate of drug-likeness (QED) is 0.237. The second-order valence-electron chi connectivity index (χ2n) is 8.74. The van der Waals surface area contributed by atoms with Gasteiger partial charge in [0.1, 0.15) is 11.4 Å². The zero-order chi connectivity index (χ0) is 25.5. The molecule has 0 saturated heterocycles. The van der Waals surface area contributed by atoms with Crippen LogP contribution in [0.3, 0.4) is 0 Å². The molecule has 37 heavy (non-hydrogen) atoms. The predicted molar refractivity (Wildman–Crippen MR) is 144 cm³/mol. The number of nitrogens with one attached hydrogen (secondary N) is 3. The van der Waals surface area contributed by atoms with E-state index in [0.717, 1.165) is 27.9 Å². The van der Waals surface area contributed by atoms with Crippen LogP contribution in [-0.2, 0) is 4.79 Å². The molecule has 0 aliphatic heterocycles. The molecule has 0 spiro atoms. The number of hydrogen-bond donors (Lipinski definition) is 3. The van der Waals surface area contributed by atoms with Crippen LogP contribution in [0.4, 0.5) is 10.1 Å². The first kappa shape index (κ1) is 23.0. The maximum absolute atomic E-state index is 16.0. The van der Waals surface area contributed by atoms with E-state index in [1.807, 2.05) is 25.1 Å². The number of carbonyl (C=O) groups is 1. The number of benzene rings is 1. The summed E-state index contributed by atoms with van der Waals surface area (Å²) >= 11 is 1.70. The van der Waals surface area contributed by atoms with Crippen molar-refractivity contribution in [2.24, 2.45) is 0 Å². The van der Waals surface area contributed by atoms with Gasteiger partial charge in [-0.15, -0.1) is 11.3 Å². The van der Waals surface area contributed by atoms with Gasteiger partial charge in [0.25, 0.3) is 0 Å². The average molecular weight is 512 g/mol. The molecule has 0 radical (unpaired) electrons. The Morgan fingerprint density at radius 3 is 2.81 bits per heavy atom. The molecule has 0 bridgehead atoms. The zero-order valence-electron chi connectivity index (χ0n) is 20.1. The summed E-state index contributed by atoms with van der Waals surface area (Å²) in [5.74, 6) is -0.212. The highest BCUT2D eigenvalue weighted by atomic mass is 32.1. The molecule has 1 amide bonds. The van der Waals surface area contributed by atoms with Crippen molar-refractivity contribution in [2.45, 2.75) is 26.7 Å². The van der Waals surface area contributed by atoms with Crippen molar-refractivity contribution in [3.8, 4) is 33.2 Å². The molecule has 10 heteroatoms. The number of H-pyrrole nitrogens is 2. The molecule has 5 heterocycles. The van der Waals surface area contributed by atoms with Gasteiger partial charge in [-0.25, -0.2) is 9.37 Å². The number of fused-ring (bicyclic) bond motifs is 2. The van der Waals surface area contributed by atoms with Gasteiger partial charge in [-0.3, -0.25) is 19.9 Å². The van der Waals surface area contributed by atoms with Crippen molar-refractivity contribution in [1.29, 1.82) is 0 Å². The SMILES string of the molecule is CCCC(=O)Nc1cncc(-c2ncc3[nH]nc(-c4nc5c(-c6ccc(C)s6)cccc5[nH]4)c3c2F)c1. The van der Waals surface area contributed by atoms with Crippen LogP contribution in [0.25, 0.3) is 55.2 Å². The van der Waals surface area contributed by atoms with Crippen LogP contribution < -0.4 is 5.32 Å². The molecule has 184 valence electrons. The zero-order valence-corrected chi connectivity index (χ0v) is 20.9. The fourth-order valence-corrected chi connectivity index (χ4v) is 5.25. The fraction of sp³-hybridized carbons (Fsp3) is 0.148. The van der Waals surface area contributed by atoms with Gasteiger partial charge in [-0.1, -0.05) is 19.1 Å². The summed E-state index contributed by atoms with van der Waals surface area (Å²) in [5, 5.41) is 10.3. The molecule has 6 aromatic rings. The molecule has 6 rings (SSSR count). The highest BCUT2D eigenvalue weighted by Gasteiger charge is 2.21. The van der Waals surface area contributed by atoms with Crippen molar-refractivity contribution < 1.29 is 9.18 Å². The summed E-state index contributed by atoms with van der Waals surface area (Å²) in [6.07, 6.45) is 5.70. The van der Waals surface area contributed by atoms with Crippen LogP contribution in [0.5, 0.6) is 0 Å². The lowest BCUT2D eigenvalue weighted by atomic mass is 10.1. The molecule has 1 aromatic carbocycles. The molecule has 0 fully saturated rings. The lowest BCUT2D eigenvalue weighted by Crippen LogP contribution is -2.10. The number of amides is 1. The Labute approximate surface area is 215 Å². The number of carbonyl (C=O) groups excluding carboxylic acids is 1. The molecule has 0 aliphatic carbocycles. The van der Waals surface area contributed by atoms with Crippen LogP contribution in [-0.4, -0.2) is 36.0 Å². The number of aromatic nitrogens is 6. The van der Waals surface area contributed by atoms with E-state index < -0.39 is 5.82 Å². The van der Waals surface area contributed by atoms with Crippen molar-refractivity contribution in [1.82, 2.24) is 30.1 Å². The summed E-state index contributed by atoms with van der Waals surface area (Å²) in [5.41, 5.74) is 4.49. The molecule has 3 N–H and O–H groups in total.